The zero-order valence-corrected chi connectivity index (χ0v) is 7.78. The van der Waals surface area contributed by atoms with Crippen molar-refractivity contribution in [2.75, 3.05) is 0 Å². The van der Waals surface area contributed by atoms with E-state index in [0.717, 1.165) is 0 Å². The number of hydrogen-bond donors (Lipinski definition) is 0. The van der Waals surface area contributed by atoms with Gasteiger partial charge in [-0.25, -0.2) is 9.37 Å². The van der Waals surface area contributed by atoms with Crippen molar-refractivity contribution in [2.45, 2.75) is 11.5 Å². The van der Waals surface area contributed by atoms with E-state index in [4.69, 9.17) is 0 Å². The highest BCUT2D eigenvalue weighted by molar-refractivity contribution is 9.08. The van der Waals surface area contributed by atoms with Gasteiger partial charge in [0, 0.05) is 10.9 Å². The molecule has 0 aromatic carbocycles. The van der Waals surface area contributed by atoms with Crippen LogP contribution in [0.3, 0.4) is 0 Å². The number of alkyl halides is 4. The smallest absolute Gasteiger partial charge is 0.249 e. The molecular weight excluding hydrogens is 254 g/mol. The minimum atomic E-state index is -4.52. The van der Waals surface area contributed by atoms with Gasteiger partial charge in [0.2, 0.25) is 0 Å². The second kappa shape index (κ2) is 3.61. The van der Waals surface area contributed by atoms with Crippen LogP contribution in [0.15, 0.2) is 12.3 Å². The number of halogens is 5. The van der Waals surface area contributed by atoms with Crippen molar-refractivity contribution < 1.29 is 17.6 Å². The molecule has 72 valence electrons. The predicted octanol–water partition coefficient (Wildman–Crippen LogP) is 3.13. The molecule has 1 aromatic heterocycles. The van der Waals surface area contributed by atoms with Gasteiger partial charge >= 0.3 is 6.18 Å². The lowest BCUT2D eigenvalue weighted by molar-refractivity contribution is -0.141. The summed E-state index contributed by atoms with van der Waals surface area (Å²) in [4.78, 5) is 2.94. The third kappa shape index (κ3) is 2.40. The van der Waals surface area contributed by atoms with Crippen molar-refractivity contribution >= 4 is 15.9 Å². The van der Waals surface area contributed by atoms with Crippen LogP contribution in [0.5, 0.6) is 0 Å². The Bertz CT molecular complexity index is 310. The molecule has 6 heteroatoms. The van der Waals surface area contributed by atoms with Crippen LogP contribution in [-0.4, -0.2) is 4.98 Å². The molecule has 0 aliphatic rings. The van der Waals surface area contributed by atoms with E-state index in [2.05, 4.69) is 20.9 Å². The molecule has 0 atom stereocenters. The van der Waals surface area contributed by atoms with E-state index in [0.29, 0.717) is 12.3 Å². The zero-order valence-electron chi connectivity index (χ0n) is 6.20. The molecule has 0 spiro atoms. The van der Waals surface area contributed by atoms with Crippen LogP contribution in [0.4, 0.5) is 17.6 Å². The molecule has 0 amide bonds. The van der Waals surface area contributed by atoms with Gasteiger partial charge in [-0.15, -0.1) is 0 Å². The maximum Gasteiger partial charge on any atom is 0.433 e. The molecule has 13 heavy (non-hydrogen) atoms. The largest absolute Gasteiger partial charge is 0.433 e. The van der Waals surface area contributed by atoms with E-state index in [1.54, 1.807) is 0 Å². The van der Waals surface area contributed by atoms with Crippen LogP contribution in [0.2, 0.25) is 0 Å². The molecule has 1 aromatic rings. The van der Waals surface area contributed by atoms with Gasteiger partial charge in [0.1, 0.15) is 11.5 Å². The summed E-state index contributed by atoms with van der Waals surface area (Å²) >= 11 is 2.87. The Kier molecular flexibility index (Phi) is 2.90. The molecule has 0 aliphatic carbocycles. The summed E-state index contributed by atoms with van der Waals surface area (Å²) in [5.74, 6) is -0.745. The van der Waals surface area contributed by atoms with Crippen molar-refractivity contribution in [1.82, 2.24) is 4.98 Å². The molecule has 1 nitrogen and oxygen atoms in total. The van der Waals surface area contributed by atoms with Crippen LogP contribution in [-0.2, 0) is 11.5 Å². The quantitative estimate of drug-likeness (QED) is 0.557. The Morgan fingerprint density at radius 2 is 2.00 bits per heavy atom. The average Bonchev–Trinajstić information content (AvgIpc) is 2.03. The lowest BCUT2D eigenvalue weighted by Gasteiger charge is -2.06. The van der Waals surface area contributed by atoms with Gasteiger partial charge in [0.15, 0.2) is 0 Å². The molecule has 0 fully saturated rings. The average molecular weight is 258 g/mol. The highest BCUT2D eigenvalue weighted by atomic mass is 79.9. The molecule has 0 saturated carbocycles. The summed E-state index contributed by atoms with van der Waals surface area (Å²) in [6.07, 6.45) is -3.95. The van der Waals surface area contributed by atoms with Crippen molar-refractivity contribution in [2.24, 2.45) is 0 Å². The fourth-order valence-corrected chi connectivity index (χ4v) is 1.17. The number of rotatable bonds is 1. The molecule has 0 N–H and O–H groups in total. The van der Waals surface area contributed by atoms with Crippen molar-refractivity contribution in [3.63, 3.8) is 0 Å². The fraction of sp³-hybridized carbons (Fsp3) is 0.286. The van der Waals surface area contributed by atoms with E-state index >= 15 is 0 Å². The molecule has 0 aliphatic heterocycles. The first-order chi connectivity index (χ1) is 5.95. The third-order valence-corrected chi connectivity index (χ3v) is 1.97. The number of hydrogen-bond acceptors (Lipinski definition) is 1. The highest BCUT2D eigenvalue weighted by Crippen LogP contribution is 2.28. The standard InChI is InChI=1S/C7H4BrF4N/c8-2-4-1-6(7(10,11)12)13-3-5(4)9/h1,3H,2H2. The van der Waals surface area contributed by atoms with Gasteiger partial charge in [-0.2, -0.15) is 13.2 Å². The monoisotopic (exact) mass is 257 g/mol. The van der Waals surface area contributed by atoms with Gasteiger partial charge in [-0.1, -0.05) is 15.9 Å². The maximum atomic E-state index is 12.7. The lowest BCUT2D eigenvalue weighted by atomic mass is 10.2. The first kappa shape index (κ1) is 10.4. The topological polar surface area (TPSA) is 12.9 Å². The minimum absolute atomic E-state index is 0.0322. The van der Waals surface area contributed by atoms with Crippen LogP contribution in [0.25, 0.3) is 0 Å². The van der Waals surface area contributed by atoms with E-state index in [9.17, 15) is 17.6 Å². The summed E-state index contributed by atoms with van der Waals surface area (Å²) in [5.41, 5.74) is -1.13. The second-order valence-corrected chi connectivity index (χ2v) is 2.85. The van der Waals surface area contributed by atoms with Gasteiger partial charge in [0.05, 0.1) is 6.20 Å². The molecule has 1 rings (SSSR count). The van der Waals surface area contributed by atoms with E-state index < -0.39 is 17.7 Å². The van der Waals surface area contributed by atoms with Crippen molar-refractivity contribution in [1.29, 1.82) is 0 Å². The molecule has 0 bridgehead atoms. The summed E-state index contributed by atoms with van der Waals surface area (Å²) in [6.45, 7) is 0. The first-order valence-electron chi connectivity index (χ1n) is 3.22. The predicted molar refractivity (Wildman–Crippen MR) is 41.8 cm³/mol. The van der Waals surface area contributed by atoms with Crippen LogP contribution in [0, 0.1) is 5.82 Å². The number of pyridine rings is 1. The molecular formula is C7H4BrF4N. The van der Waals surface area contributed by atoms with Gasteiger partial charge < -0.3 is 0 Å². The third-order valence-electron chi connectivity index (χ3n) is 1.37. The Labute approximate surface area is 79.9 Å². The Morgan fingerprint density at radius 3 is 2.46 bits per heavy atom. The van der Waals surface area contributed by atoms with Gasteiger partial charge in [0.25, 0.3) is 0 Å². The van der Waals surface area contributed by atoms with Crippen LogP contribution < -0.4 is 0 Å². The van der Waals surface area contributed by atoms with Gasteiger partial charge in [-0.05, 0) is 6.07 Å². The minimum Gasteiger partial charge on any atom is -0.249 e. The van der Waals surface area contributed by atoms with Crippen molar-refractivity contribution in [3.05, 3.63) is 29.3 Å². The number of aromatic nitrogens is 1. The lowest BCUT2D eigenvalue weighted by Crippen LogP contribution is -2.09. The normalized spacial score (nSPS) is 11.8. The Morgan fingerprint density at radius 1 is 1.38 bits per heavy atom. The SMILES string of the molecule is Fc1cnc(C(F)(F)F)cc1CBr. The zero-order chi connectivity index (χ0) is 10.1. The van der Waals surface area contributed by atoms with Gasteiger partial charge in [-0.3, -0.25) is 0 Å². The molecule has 0 radical (unpaired) electrons. The van der Waals surface area contributed by atoms with Crippen LogP contribution in [0.1, 0.15) is 11.3 Å². The molecule has 1 heterocycles. The first-order valence-corrected chi connectivity index (χ1v) is 4.35. The Balaban J connectivity index is 3.14. The van der Waals surface area contributed by atoms with E-state index in [-0.39, 0.29) is 10.9 Å². The summed E-state index contributed by atoms with van der Waals surface area (Å²) in [7, 11) is 0. The highest BCUT2D eigenvalue weighted by Gasteiger charge is 2.32. The summed E-state index contributed by atoms with van der Waals surface area (Å²) < 4.78 is 48.8. The second-order valence-electron chi connectivity index (χ2n) is 2.29. The number of nitrogens with zero attached hydrogens (tertiary/aromatic N) is 1. The molecule has 0 saturated heterocycles. The van der Waals surface area contributed by atoms with Crippen molar-refractivity contribution in [3.8, 4) is 0 Å². The fourth-order valence-electron chi connectivity index (χ4n) is 0.738. The maximum absolute atomic E-state index is 12.7. The summed E-state index contributed by atoms with van der Waals surface area (Å²) in [6, 6.07) is 0.685. The van der Waals surface area contributed by atoms with E-state index in [1.165, 1.54) is 0 Å². The van der Waals surface area contributed by atoms with Crippen LogP contribution >= 0.6 is 15.9 Å². The van der Waals surface area contributed by atoms with E-state index in [1.807, 2.05) is 0 Å². The Hall–Kier alpha value is -0.650. The molecule has 0 unspecified atom stereocenters. The summed E-state index contributed by atoms with van der Waals surface area (Å²) in [5, 5.41) is 0.0322.